The van der Waals surface area contributed by atoms with Gasteiger partial charge in [-0.05, 0) is 24.6 Å². The summed E-state index contributed by atoms with van der Waals surface area (Å²) in [5.74, 6) is 0.113. The van der Waals surface area contributed by atoms with Crippen molar-refractivity contribution in [2.24, 2.45) is 0 Å². The van der Waals surface area contributed by atoms with E-state index in [1.54, 1.807) is 12.1 Å². The van der Waals surface area contributed by atoms with E-state index < -0.39 is 0 Å². The Morgan fingerprint density at radius 1 is 1.56 bits per heavy atom. The molecule has 7 heteroatoms. The molecule has 0 radical (unpaired) electrons. The molecule has 0 unspecified atom stereocenters. The number of aromatic amines is 1. The molecule has 0 aliphatic carbocycles. The number of H-pyrrole nitrogens is 1. The average molecular weight is 283 g/mol. The number of nitrogens with one attached hydrogen (secondary N) is 2. The van der Waals surface area contributed by atoms with Crippen molar-refractivity contribution in [3.63, 3.8) is 0 Å². The van der Waals surface area contributed by atoms with Gasteiger partial charge in [0, 0.05) is 0 Å². The molecule has 2 N–H and O–H groups in total. The normalized spacial score (nSPS) is 10.3. The summed E-state index contributed by atoms with van der Waals surface area (Å²) in [6.45, 7) is 1.94. The largest absolute Gasteiger partial charge is 0.324 e. The van der Waals surface area contributed by atoms with Gasteiger partial charge in [-0.1, -0.05) is 29.4 Å². The summed E-state index contributed by atoms with van der Waals surface area (Å²) in [4.78, 5) is 15.6. The van der Waals surface area contributed by atoms with Gasteiger partial charge in [0.1, 0.15) is 6.33 Å². The zero-order chi connectivity index (χ0) is 13.0. The van der Waals surface area contributed by atoms with Gasteiger partial charge in [0.15, 0.2) is 5.16 Å². The van der Waals surface area contributed by atoms with Crippen LogP contribution in [0, 0.1) is 6.92 Å². The monoisotopic (exact) mass is 282 g/mol. The number of thioether (sulfide) groups is 1. The second-order valence-electron chi connectivity index (χ2n) is 3.61. The average Bonchev–Trinajstić information content (AvgIpc) is 2.83. The van der Waals surface area contributed by atoms with Crippen LogP contribution in [0.2, 0.25) is 5.02 Å². The van der Waals surface area contributed by atoms with Crippen LogP contribution in [0.3, 0.4) is 0 Å². The van der Waals surface area contributed by atoms with Crippen molar-refractivity contribution in [1.29, 1.82) is 0 Å². The molecule has 1 heterocycles. The molecule has 18 heavy (non-hydrogen) atoms. The summed E-state index contributed by atoms with van der Waals surface area (Å²) >= 11 is 7.30. The summed E-state index contributed by atoms with van der Waals surface area (Å²) in [6, 6.07) is 5.49. The predicted octanol–water partition coefficient (Wildman–Crippen LogP) is 2.50. The maximum Gasteiger partial charge on any atom is 0.234 e. The van der Waals surface area contributed by atoms with Crippen molar-refractivity contribution in [3.8, 4) is 0 Å². The van der Waals surface area contributed by atoms with Gasteiger partial charge in [-0.3, -0.25) is 9.89 Å². The van der Waals surface area contributed by atoms with Crippen LogP contribution in [0.25, 0.3) is 0 Å². The van der Waals surface area contributed by atoms with Crippen LogP contribution in [0.15, 0.2) is 29.7 Å². The molecule has 2 rings (SSSR count). The lowest BCUT2D eigenvalue weighted by Gasteiger charge is -2.07. The Hall–Kier alpha value is -1.53. The first-order chi connectivity index (χ1) is 8.65. The van der Waals surface area contributed by atoms with E-state index in [4.69, 9.17) is 11.6 Å². The Kier molecular flexibility index (Phi) is 4.22. The van der Waals surface area contributed by atoms with Crippen LogP contribution in [-0.2, 0) is 4.79 Å². The number of hydrogen-bond donors (Lipinski definition) is 2. The van der Waals surface area contributed by atoms with Crippen molar-refractivity contribution in [1.82, 2.24) is 15.2 Å². The van der Waals surface area contributed by atoms with E-state index in [0.29, 0.717) is 15.9 Å². The van der Waals surface area contributed by atoms with Gasteiger partial charge in [0.05, 0.1) is 16.5 Å². The Morgan fingerprint density at radius 2 is 2.39 bits per heavy atom. The number of anilines is 1. The predicted molar refractivity (Wildman–Crippen MR) is 71.9 cm³/mol. The molecular formula is C11H11ClN4OS. The lowest BCUT2D eigenvalue weighted by atomic mass is 10.2. The highest BCUT2D eigenvalue weighted by Crippen LogP contribution is 2.23. The molecule has 5 nitrogen and oxygen atoms in total. The molecule has 2 aromatic rings. The van der Waals surface area contributed by atoms with Gasteiger partial charge < -0.3 is 5.32 Å². The molecule has 0 bridgehead atoms. The quantitative estimate of drug-likeness (QED) is 0.845. The fraction of sp³-hybridized carbons (Fsp3) is 0.182. The molecule has 0 atom stereocenters. The van der Waals surface area contributed by atoms with Gasteiger partial charge in [0.2, 0.25) is 5.91 Å². The molecule has 1 aromatic carbocycles. The van der Waals surface area contributed by atoms with Gasteiger partial charge in [-0.25, -0.2) is 4.98 Å². The fourth-order valence-electron chi connectivity index (χ4n) is 1.31. The molecular weight excluding hydrogens is 272 g/mol. The first-order valence-electron chi connectivity index (χ1n) is 5.19. The number of carbonyl (C=O) groups is 1. The van der Waals surface area contributed by atoms with E-state index >= 15 is 0 Å². The third kappa shape index (κ3) is 3.48. The second-order valence-corrected chi connectivity index (χ2v) is 4.98. The van der Waals surface area contributed by atoms with Crippen molar-refractivity contribution in [3.05, 3.63) is 35.1 Å². The van der Waals surface area contributed by atoms with Crippen LogP contribution < -0.4 is 5.32 Å². The number of aromatic nitrogens is 3. The minimum absolute atomic E-state index is 0.137. The van der Waals surface area contributed by atoms with Crippen molar-refractivity contribution in [2.75, 3.05) is 11.1 Å². The van der Waals surface area contributed by atoms with Crippen LogP contribution in [0.4, 0.5) is 5.69 Å². The van der Waals surface area contributed by atoms with E-state index in [2.05, 4.69) is 20.5 Å². The van der Waals surface area contributed by atoms with Crippen LogP contribution in [0.1, 0.15) is 5.56 Å². The van der Waals surface area contributed by atoms with Crippen LogP contribution in [0.5, 0.6) is 0 Å². The van der Waals surface area contributed by atoms with E-state index in [1.165, 1.54) is 18.1 Å². The van der Waals surface area contributed by atoms with Gasteiger partial charge in [-0.2, -0.15) is 5.10 Å². The highest BCUT2D eigenvalue weighted by Gasteiger charge is 2.07. The van der Waals surface area contributed by atoms with E-state index in [1.807, 2.05) is 13.0 Å². The summed E-state index contributed by atoms with van der Waals surface area (Å²) in [5.41, 5.74) is 1.67. The summed E-state index contributed by atoms with van der Waals surface area (Å²) in [5, 5.41) is 10.3. The number of amides is 1. The number of rotatable bonds is 4. The lowest BCUT2D eigenvalue weighted by Crippen LogP contribution is -2.14. The van der Waals surface area contributed by atoms with Crippen molar-refractivity contribution < 1.29 is 4.79 Å². The number of aryl methyl sites for hydroxylation is 1. The SMILES string of the molecule is Cc1ccc(NC(=O)CSc2ncn[nH]2)c(Cl)c1. The Bertz CT molecular complexity index is 544. The molecule has 0 saturated heterocycles. The number of nitrogens with zero attached hydrogens (tertiary/aromatic N) is 2. The van der Waals surface area contributed by atoms with E-state index in [0.717, 1.165) is 5.56 Å². The summed E-state index contributed by atoms with van der Waals surface area (Å²) < 4.78 is 0. The Labute approximate surface area is 113 Å². The van der Waals surface area contributed by atoms with Crippen molar-refractivity contribution >= 4 is 35.0 Å². The maximum absolute atomic E-state index is 11.7. The van der Waals surface area contributed by atoms with Crippen LogP contribution in [-0.4, -0.2) is 26.8 Å². The maximum atomic E-state index is 11.7. The van der Waals surface area contributed by atoms with Gasteiger partial charge in [0.25, 0.3) is 0 Å². The third-order valence-corrected chi connectivity index (χ3v) is 3.32. The summed E-state index contributed by atoms with van der Waals surface area (Å²) in [6.07, 6.45) is 1.40. The molecule has 0 aliphatic heterocycles. The highest BCUT2D eigenvalue weighted by molar-refractivity contribution is 7.99. The van der Waals surface area contributed by atoms with Crippen molar-refractivity contribution in [2.45, 2.75) is 12.1 Å². The molecule has 94 valence electrons. The Balaban J connectivity index is 1.91. The zero-order valence-corrected chi connectivity index (χ0v) is 11.2. The smallest absolute Gasteiger partial charge is 0.234 e. The zero-order valence-electron chi connectivity index (χ0n) is 9.61. The Morgan fingerprint density at radius 3 is 3.06 bits per heavy atom. The second kappa shape index (κ2) is 5.88. The number of hydrogen-bond acceptors (Lipinski definition) is 4. The fourth-order valence-corrected chi connectivity index (χ4v) is 2.17. The minimum atomic E-state index is -0.137. The number of halogens is 1. The molecule has 0 saturated carbocycles. The topological polar surface area (TPSA) is 70.7 Å². The van der Waals surface area contributed by atoms with Crippen LogP contribution >= 0.6 is 23.4 Å². The molecule has 1 aromatic heterocycles. The van der Waals surface area contributed by atoms with E-state index in [-0.39, 0.29) is 11.7 Å². The number of benzene rings is 1. The van der Waals surface area contributed by atoms with Gasteiger partial charge in [-0.15, -0.1) is 0 Å². The molecule has 1 amide bonds. The standard InChI is InChI=1S/C11H11ClN4OS/c1-7-2-3-9(8(12)4-7)15-10(17)5-18-11-13-6-14-16-11/h2-4,6H,5H2,1H3,(H,15,17)(H,13,14,16). The number of carbonyl (C=O) groups excluding carboxylic acids is 1. The minimum Gasteiger partial charge on any atom is -0.324 e. The first-order valence-corrected chi connectivity index (χ1v) is 6.55. The lowest BCUT2D eigenvalue weighted by molar-refractivity contribution is -0.113. The molecule has 0 spiro atoms. The third-order valence-electron chi connectivity index (χ3n) is 2.13. The summed E-state index contributed by atoms with van der Waals surface area (Å²) in [7, 11) is 0. The van der Waals surface area contributed by atoms with E-state index in [9.17, 15) is 4.79 Å². The molecule has 0 aliphatic rings. The first kappa shape index (κ1) is 12.9. The molecule has 0 fully saturated rings. The highest BCUT2D eigenvalue weighted by atomic mass is 35.5. The van der Waals surface area contributed by atoms with Gasteiger partial charge >= 0.3 is 0 Å².